The lowest BCUT2D eigenvalue weighted by atomic mass is 10.1. The Morgan fingerprint density at radius 2 is 1.77 bits per heavy atom. The molecule has 0 spiro atoms. The van der Waals surface area contributed by atoms with Gasteiger partial charge < -0.3 is 14.2 Å². The molecular weight excluding hydrogens is 286 g/mol. The van der Waals surface area contributed by atoms with E-state index in [1.807, 2.05) is 20.8 Å². The first kappa shape index (κ1) is 18.1. The van der Waals surface area contributed by atoms with Crippen molar-refractivity contribution < 1.29 is 23.8 Å². The highest BCUT2D eigenvalue weighted by molar-refractivity contribution is 5.70. The van der Waals surface area contributed by atoms with E-state index < -0.39 is 11.9 Å². The van der Waals surface area contributed by atoms with Crippen molar-refractivity contribution in [3.05, 3.63) is 23.0 Å². The normalized spacial score (nSPS) is 11.2. The Balaban J connectivity index is 3.17. The topological polar surface area (TPSA) is 74.7 Å². The van der Waals surface area contributed by atoms with E-state index in [0.29, 0.717) is 17.0 Å². The maximum atomic E-state index is 11.3. The summed E-state index contributed by atoms with van der Waals surface area (Å²) in [5.74, 6) is -0.544. The van der Waals surface area contributed by atoms with Gasteiger partial charge in [-0.1, -0.05) is 0 Å². The smallest absolute Gasteiger partial charge is 0.308 e. The summed E-state index contributed by atoms with van der Waals surface area (Å²) in [7, 11) is 0. The minimum absolute atomic E-state index is 0.00411. The van der Waals surface area contributed by atoms with Crippen LogP contribution in [0.15, 0.2) is 6.20 Å². The molecule has 0 aliphatic carbocycles. The Kier molecular flexibility index (Phi) is 6.05. The van der Waals surface area contributed by atoms with Gasteiger partial charge in [-0.25, -0.2) is 0 Å². The molecule has 6 heteroatoms. The van der Waals surface area contributed by atoms with Crippen LogP contribution in [0, 0.1) is 6.92 Å². The predicted octanol–water partition coefficient (Wildman–Crippen LogP) is 2.69. The lowest BCUT2D eigenvalue weighted by molar-refractivity contribution is -0.142. The third-order valence-corrected chi connectivity index (χ3v) is 2.73. The number of esters is 2. The molecule has 122 valence electrons. The summed E-state index contributed by atoms with van der Waals surface area (Å²) in [4.78, 5) is 26.6. The lowest BCUT2D eigenvalue weighted by Crippen LogP contribution is -2.20. The molecule has 0 aromatic carbocycles. The number of hydrogen-bond acceptors (Lipinski definition) is 6. The summed E-state index contributed by atoms with van der Waals surface area (Å²) in [6, 6.07) is 0. The lowest BCUT2D eigenvalue weighted by Gasteiger charge is -2.21. The Morgan fingerprint density at radius 3 is 2.27 bits per heavy atom. The second-order valence-corrected chi connectivity index (χ2v) is 5.95. The number of hydrogen-bond donors (Lipinski definition) is 0. The zero-order chi connectivity index (χ0) is 16.9. The van der Waals surface area contributed by atoms with E-state index in [2.05, 4.69) is 4.98 Å². The van der Waals surface area contributed by atoms with Crippen LogP contribution in [0.1, 0.15) is 51.4 Å². The van der Waals surface area contributed by atoms with E-state index in [4.69, 9.17) is 14.2 Å². The highest BCUT2D eigenvalue weighted by atomic mass is 16.5. The number of pyridine rings is 1. The highest BCUT2D eigenvalue weighted by Crippen LogP contribution is 2.28. The summed E-state index contributed by atoms with van der Waals surface area (Å²) < 4.78 is 16.0. The van der Waals surface area contributed by atoms with Gasteiger partial charge >= 0.3 is 11.9 Å². The molecule has 1 aromatic rings. The molecule has 0 N–H and O–H groups in total. The first-order valence-electron chi connectivity index (χ1n) is 7.03. The Bertz CT molecular complexity index is 560. The first-order chi connectivity index (χ1) is 10.1. The van der Waals surface area contributed by atoms with E-state index in [1.54, 1.807) is 13.1 Å². The Hall–Kier alpha value is -1.95. The van der Waals surface area contributed by atoms with Crippen LogP contribution < -0.4 is 4.74 Å². The van der Waals surface area contributed by atoms with Crippen LogP contribution in [0.5, 0.6) is 5.75 Å². The maximum absolute atomic E-state index is 11.3. The zero-order valence-corrected chi connectivity index (χ0v) is 14.0. The molecule has 1 rings (SSSR count). The van der Waals surface area contributed by atoms with Crippen LogP contribution in [-0.4, -0.2) is 22.5 Å². The third kappa shape index (κ3) is 5.81. The largest absolute Gasteiger partial charge is 0.461 e. The van der Waals surface area contributed by atoms with Gasteiger partial charge in [0, 0.05) is 31.2 Å². The van der Waals surface area contributed by atoms with Crippen molar-refractivity contribution in [2.75, 3.05) is 0 Å². The summed E-state index contributed by atoms with van der Waals surface area (Å²) in [5, 5.41) is 0. The van der Waals surface area contributed by atoms with Crippen molar-refractivity contribution >= 4 is 11.9 Å². The van der Waals surface area contributed by atoms with E-state index in [1.165, 1.54) is 13.8 Å². The molecule has 0 saturated carbocycles. The number of aryl methyl sites for hydroxylation is 1. The molecule has 0 aliphatic rings. The molecule has 0 saturated heterocycles. The van der Waals surface area contributed by atoms with Crippen molar-refractivity contribution in [3.63, 3.8) is 0 Å². The Morgan fingerprint density at radius 1 is 1.14 bits per heavy atom. The number of carbonyl (C=O) groups is 2. The van der Waals surface area contributed by atoms with Gasteiger partial charge in [0.25, 0.3) is 0 Å². The second-order valence-electron chi connectivity index (χ2n) is 5.95. The van der Waals surface area contributed by atoms with Crippen molar-refractivity contribution in [1.29, 1.82) is 0 Å². The fourth-order valence-corrected chi connectivity index (χ4v) is 1.71. The van der Waals surface area contributed by atoms with Gasteiger partial charge in [-0.3, -0.25) is 14.6 Å². The van der Waals surface area contributed by atoms with Crippen LogP contribution >= 0.6 is 0 Å². The standard InChI is InChI=1S/C16H23NO5/c1-10-15(22-12(3)19)14(9-20-11(2)18)13(7-17-10)8-21-16(4,5)6/h7H,8-9H2,1-6H3. The van der Waals surface area contributed by atoms with Crippen molar-refractivity contribution in [2.24, 2.45) is 0 Å². The highest BCUT2D eigenvalue weighted by Gasteiger charge is 2.19. The third-order valence-electron chi connectivity index (χ3n) is 2.73. The number of nitrogens with zero attached hydrogens (tertiary/aromatic N) is 1. The van der Waals surface area contributed by atoms with Gasteiger partial charge in [-0.05, 0) is 27.7 Å². The fourth-order valence-electron chi connectivity index (χ4n) is 1.71. The number of rotatable bonds is 5. The van der Waals surface area contributed by atoms with E-state index >= 15 is 0 Å². The molecule has 0 bridgehead atoms. The molecule has 1 heterocycles. The molecule has 1 aromatic heterocycles. The molecule has 0 aliphatic heterocycles. The van der Waals surface area contributed by atoms with Crippen LogP contribution in [0.3, 0.4) is 0 Å². The van der Waals surface area contributed by atoms with Crippen molar-refractivity contribution in [2.45, 2.75) is 60.4 Å². The maximum Gasteiger partial charge on any atom is 0.308 e. The van der Waals surface area contributed by atoms with Crippen LogP contribution in [0.25, 0.3) is 0 Å². The van der Waals surface area contributed by atoms with Gasteiger partial charge in [-0.15, -0.1) is 0 Å². The first-order valence-corrected chi connectivity index (χ1v) is 7.03. The van der Waals surface area contributed by atoms with Crippen molar-refractivity contribution in [3.8, 4) is 5.75 Å². The average molecular weight is 309 g/mol. The SMILES string of the molecule is CC(=O)OCc1c(COC(C)(C)C)cnc(C)c1OC(C)=O. The van der Waals surface area contributed by atoms with Crippen molar-refractivity contribution in [1.82, 2.24) is 4.98 Å². The number of ether oxygens (including phenoxy) is 3. The predicted molar refractivity (Wildman–Crippen MR) is 80.3 cm³/mol. The monoisotopic (exact) mass is 309 g/mol. The minimum atomic E-state index is -0.456. The average Bonchev–Trinajstić information content (AvgIpc) is 2.36. The van der Waals surface area contributed by atoms with Gasteiger partial charge in [-0.2, -0.15) is 0 Å². The molecule has 0 unspecified atom stereocenters. The second kappa shape index (κ2) is 7.35. The molecule has 6 nitrogen and oxygen atoms in total. The fraction of sp³-hybridized carbons (Fsp3) is 0.562. The molecule has 0 radical (unpaired) electrons. The molecule has 0 amide bonds. The van der Waals surface area contributed by atoms with Gasteiger partial charge in [0.15, 0.2) is 5.75 Å². The van der Waals surface area contributed by atoms with Crippen LogP contribution in [-0.2, 0) is 32.3 Å². The van der Waals surface area contributed by atoms with E-state index in [-0.39, 0.29) is 18.8 Å². The minimum Gasteiger partial charge on any atom is -0.461 e. The molecule has 0 fully saturated rings. The van der Waals surface area contributed by atoms with E-state index in [9.17, 15) is 9.59 Å². The summed E-state index contributed by atoms with van der Waals surface area (Å²) in [6.07, 6.45) is 1.65. The number of aromatic nitrogens is 1. The summed E-state index contributed by atoms with van der Waals surface area (Å²) in [5.41, 5.74) is 1.54. The number of carbonyl (C=O) groups excluding carboxylic acids is 2. The summed E-state index contributed by atoms with van der Waals surface area (Å²) in [6.45, 7) is 10.5. The summed E-state index contributed by atoms with van der Waals surface area (Å²) >= 11 is 0. The van der Waals surface area contributed by atoms with Crippen LogP contribution in [0.4, 0.5) is 0 Å². The molecule has 0 atom stereocenters. The zero-order valence-electron chi connectivity index (χ0n) is 14.0. The van der Waals surface area contributed by atoms with Crippen LogP contribution in [0.2, 0.25) is 0 Å². The van der Waals surface area contributed by atoms with Gasteiger partial charge in [0.2, 0.25) is 0 Å². The van der Waals surface area contributed by atoms with Gasteiger partial charge in [0.05, 0.1) is 17.9 Å². The quantitative estimate of drug-likeness (QED) is 0.778. The Labute approximate surface area is 130 Å². The molecular formula is C16H23NO5. The van der Waals surface area contributed by atoms with Gasteiger partial charge in [0.1, 0.15) is 6.61 Å². The van der Waals surface area contributed by atoms with E-state index in [0.717, 1.165) is 5.56 Å². The molecule has 22 heavy (non-hydrogen) atoms.